The molecule has 3 atom stereocenters. The summed E-state index contributed by atoms with van der Waals surface area (Å²) in [7, 11) is 0. The lowest BCUT2D eigenvalue weighted by Crippen LogP contribution is -2.47. The zero-order chi connectivity index (χ0) is 12.1. The molecule has 0 saturated carbocycles. The van der Waals surface area contributed by atoms with E-state index in [4.69, 9.17) is 5.73 Å². The molecule has 0 aromatic carbocycles. The first-order valence-corrected chi connectivity index (χ1v) is 7.49. The van der Waals surface area contributed by atoms with Crippen LogP contribution in [0.1, 0.15) is 26.7 Å². The zero-order valence-electron chi connectivity index (χ0n) is 10.6. The molecule has 1 aliphatic heterocycles. The summed E-state index contributed by atoms with van der Waals surface area (Å²) in [5.41, 5.74) is 5.92. The van der Waals surface area contributed by atoms with Gasteiger partial charge in [0.05, 0.1) is 0 Å². The van der Waals surface area contributed by atoms with E-state index in [1.54, 1.807) is 11.8 Å². The van der Waals surface area contributed by atoms with Crippen LogP contribution in [0.15, 0.2) is 0 Å². The number of amides is 1. The van der Waals surface area contributed by atoms with Crippen LogP contribution in [0.2, 0.25) is 0 Å². The van der Waals surface area contributed by atoms with Gasteiger partial charge in [0.2, 0.25) is 5.91 Å². The minimum atomic E-state index is 0.141. The smallest absolute Gasteiger partial charge is 0.226 e. The van der Waals surface area contributed by atoms with Crippen LogP contribution in [0.3, 0.4) is 0 Å². The monoisotopic (exact) mass is 244 g/mol. The summed E-state index contributed by atoms with van der Waals surface area (Å²) >= 11 is 1.74. The van der Waals surface area contributed by atoms with Gasteiger partial charge in [-0.2, -0.15) is 11.8 Å². The second kappa shape index (κ2) is 6.50. The molecule has 2 N–H and O–H groups in total. The van der Waals surface area contributed by atoms with Crippen LogP contribution in [0, 0.1) is 11.8 Å². The number of nitrogens with two attached hydrogens (primary N) is 1. The first-order valence-electron chi connectivity index (χ1n) is 6.09. The number of likely N-dealkylation sites (tertiary alicyclic amines) is 1. The maximum absolute atomic E-state index is 12.1. The van der Waals surface area contributed by atoms with Gasteiger partial charge in [0.15, 0.2) is 0 Å². The highest BCUT2D eigenvalue weighted by Crippen LogP contribution is 2.21. The van der Waals surface area contributed by atoms with Crippen molar-refractivity contribution in [1.29, 1.82) is 0 Å². The van der Waals surface area contributed by atoms with Gasteiger partial charge in [-0.25, -0.2) is 0 Å². The third kappa shape index (κ3) is 3.67. The van der Waals surface area contributed by atoms with Gasteiger partial charge in [0.25, 0.3) is 0 Å². The van der Waals surface area contributed by atoms with E-state index in [2.05, 4.69) is 0 Å². The highest BCUT2D eigenvalue weighted by molar-refractivity contribution is 7.98. The Labute approximate surface area is 103 Å². The Morgan fingerprint density at radius 3 is 2.81 bits per heavy atom. The van der Waals surface area contributed by atoms with E-state index in [0.29, 0.717) is 11.8 Å². The molecule has 1 rings (SSSR count). The maximum Gasteiger partial charge on any atom is 0.226 e. The number of hydrogen-bond acceptors (Lipinski definition) is 3. The summed E-state index contributed by atoms with van der Waals surface area (Å²) < 4.78 is 0. The van der Waals surface area contributed by atoms with Gasteiger partial charge in [0.1, 0.15) is 0 Å². The molecule has 1 fully saturated rings. The summed E-state index contributed by atoms with van der Waals surface area (Å²) in [6, 6.07) is 0.200. The standard InChI is InChI=1S/C12H24N2OS/c1-9(8-16-3)12(15)14-6-4-5-11(7-14)10(2)13/h9-11H,4-8,13H2,1-3H3/t9-,10+,11+/m0/s1. The quantitative estimate of drug-likeness (QED) is 0.816. The number of nitrogens with zero attached hydrogens (tertiary/aromatic N) is 1. The van der Waals surface area contributed by atoms with Gasteiger partial charge in [0, 0.05) is 30.8 Å². The predicted octanol–water partition coefficient (Wildman–Crippen LogP) is 1.57. The minimum Gasteiger partial charge on any atom is -0.342 e. The topological polar surface area (TPSA) is 46.3 Å². The number of carbonyl (C=O) groups is 1. The Morgan fingerprint density at radius 1 is 1.56 bits per heavy atom. The molecular weight excluding hydrogens is 220 g/mol. The van der Waals surface area contributed by atoms with Gasteiger partial charge in [-0.3, -0.25) is 4.79 Å². The van der Waals surface area contributed by atoms with Crippen LogP contribution in [-0.2, 0) is 4.79 Å². The van der Waals surface area contributed by atoms with Crippen LogP contribution in [0.25, 0.3) is 0 Å². The molecular formula is C12H24N2OS. The first-order chi connectivity index (χ1) is 7.56. The Morgan fingerprint density at radius 2 is 2.25 bits per heavy atom. The second-order valence-corrected chi connectivity index (χ2v) is 5.81. The lowest BCUT2D eigenvalue weighted by molar-refractivity contribution is -0.136. The average Bonchev–Trinajstić information content (AvgIpc) is 2.28. The van der Waals surface area contributed by atoms with Crippen molar-refractivity contribution >= 4 is 17.7 Å². The number of carbonyl (C=O) groups excluding carboxylic acids is 1. The van der Waals surface area contributed by atoms with Gasteiger partial charge >= 0.3 is 0 Å². The minimum absolute atomic E-state index is 0.141. The molecule has 0 aromatic rings. The first kappa shape index (κ1) is 13.8. The van der Waals surface area contributed by atoms with Crippen LogP contribution in [0.4, 0.5) is 0 Å². The van der Waals surface area contributed by atoms with Crippen molar-refractivity contribution in [2.75, 3.05) is 25.1 Å². The third-order valence-corrected chi connectivity index (χ3v) is 4.18. The van der Waals surface area contributed by atoms with Gasteiger partial charge in [-0.1, -0.05) is 6.92 Å². The van der Waals surface area contributed by atoms with Crippen LogP contribution in [0.5, 0.6) is 0 Å². The largest absolute Gasteiger partial charge is 0.342 e. The fourth-order valence-corrected chi connectivity index (χ4v) is 2.91. The molecule has 1 heterocycles. The van der Waals surface area contributed by atoms with E-state index >= 15 is 0 Å². The van der Waals surface area contributed by atoms with Crippen molar-refractivity contribution in [2.45, 2.75) is 32.7 Å². The molecule has 0 bridgehead atoms. The molecule has 4 heteroatoms. The van der Waals surface area contributed by atoms with Crippen molar-refractivity contribution in [3.63, 3.8) is 0 Å². The van der Waals surface area contributed by atoms with Crippen LogP contribution >= 0.6 is 11.8 Å². The molecule has 16 heavy (non-hydrogen) atoms. The Balaban J connectivity index is 2.49. The van der Waals surface area contributed by atoms with E-state index in [1.165, 1.54) is 6.42 Å². The highest BCUT2D eigenvalue weighted by Gasteiger charge is 2.27. The van der Waals surface area contributed by atoms with E-state index in [9.17, 15) is 4.79 Å². The lowest BCUT2D eigenvalue weighted by Gasteiger charge is -2.36. The summed E-state index contributed by atoms with van der Waals surface area (Å²) in [5.74, 6) is 1.85. The molecule has 1 saturated heterocycles. The van der Waals surface area contributed by atoms with Crippen molar-refractivity contribution in [1.82, 2.24) is 4.90 Å². The molecule has 0 aromatic heterocycles. The molecule has 3 nitrogen and oxygen atoms in total. The number of hydrogen-bond donors (Lipinski definition) is 1. The van der Waals surface area contributed by atoms with Gasteiger partial charge in [-0.05, 0) is 31.9 Å². The van der Waals surface area contributed by atoms with Crippen molar-refractivity contribution in [3.05, 3.63) is 0 Å². The second-order valence-electron chi connectivity index (χ2n) is 4.90. The Hall–Kier alpha value is -0.220. The summed E-state index contributed by atoms with van der Waals surface area (Å²) in [5, 5.41) is 0. The number of piperidine rings is 1. The van der Waals surface area contributed by atoms with Crippen molar-refractivity contribution in [2.24, 2.45) is 17.6 Å². The summed E-state index contributed by atoms with van der Waals surface area (Å²) in [6.07, 6.45) is 4.31. The molecule has 1 amide bonds. The third-order valence-electron chi connectivity index (χ3n) is 3.35. The lowest BCUT2D eigenvalue weighted by atomic mass is 9.91. The summed E-state index contributed by atoms with van der Waals surface area (Å²) in [6.45, 7) is 5.84. The van der Waals surface area contributed by atoms with Crippen molar-refractivity contribution < 1.29 is 4.79 Å². The molecule has 0 unspecified atom stereocenters. The van der Waals surface area contributed by atoms with Gasteiger partial charge < -0.3 is 10.6 Å². The molecule has 0 aliphatic carbocycles. The molecule has 1 aliphatic rings. The SMILES string of the molecule is CSC[C@H](C)C(=O)N1CCC[C@@H]([C@@H](C)N)C1. The highest BCUT2D eigenvalue weighted by atomic mass is 32.2. The molecule has 94 valence electrons. The number of thioether (sulfide) groups is 1. The number of rotatable bonds is 4. The normalized spacial score (nSPS) is 25.2. The maximum atomic E-state index is 12.1. The van der Waals surface area contributed by atoms with E-state index in [0.717, 1.165) is 25.3 Å². The van der Waals surface area contributed by atoms with Crippen LogP contribution < -0.4 is 5.73 Å². The van der Waals surface area contributed by atoms with E-state index in [1.807, 2.05) is 25.0 Å². The molecule has 0 radical (unpaired) electrons. The fraction of sp³-hybridized carbons (Fsp3) is 0.917. The Bertz CT molecular complexity index is 233. The van der Waals surface area contributed by atoms with Crippen molar-refractivity contribution in [3.8, 4) is 0 Å². The Kier molecular flexibility index (Phi) is 5.62. The van der Waals surface area contributed by atoms with Crippen LogP contribution in [-0.4, -0.2) is 41.9 Å². The average molecular weight is 244 g/mol. The summed E-state index contributed by atoms with van der Waals surface area (Å²) in [4.78, 5) is 14.1. The van der Waals surface area contributed by atoms with E-state index in [-0.39, 0.29) is 12.0 Å². The zero-order valence-corrected chi connectivity index (χ0v) is 11.4. The molecule has 0 spiro atoms. The predicted molar refractivity (Wildman–Crippen MR) is 70.5 cm³/mol. The van der Waals surface area contributed by atoms with E-state index < -0.39 is 0 Å². The fourth-order valence-electron chi connectivity index (χ4n) is 2.27. The van der Waals surface area contributed by atoms with Gasteiger partial charge in [-0.15, -0.1) is 0 Å².